The summed E-state index contributed by atoms with van der Waals surface area (Å²) < 4.78 is 5.24. The SMILES string of the molecule is C[C@H](CC(=O)N1CC[C@](O)(c2ccc(Cl)cc2)C(C)(C)C1)NC(=O)OC(C)(C)C. The van der Waals surface area contributed by atoms with Gasteiger partial charge in [-0.15, -0.1) is 0 Å². The molecule has 6 nitrogen and oxygen atoms in total. The highest BCUT2D eigenvalue weighted by atomic mass is 35.5. The molecule has 162 valence electrons. The van der Waals surface area contributed by atoms with Gasteiger partial charge in [0, 0.05) is 36.0 Å². The zero-order valence-corrected chi connectivity index (χ0v) is 19.0. The molecule has 0 radical (unpaired) electrons. The van der Waals surface area contributed by atoms with Gasteiger partial charge in [0.05, 0.1) is 5.60 Å². The van der Waals surface area contributed by atoms with Gasteiger partial charge in [-0.05, 0) is 51.8 Å². The predicted molar refractivity (Wildman–Crippen MR) is 114 cm³/mol. The van der Waals surface area contributed by atoms with Crippen molar-refractivity contribution in [1.29, 1.82) is 0 Å². The maximum absolute atomic E-state index is 12.8. The van der Waals surface area contributed by atoms with Crippen LogP contribution in [0.2, 0.25) is 5.02 Å². The number of halogens is 1. The third kappa shape index (κ3) is 5.86. The highest BCUT2D eigenvalue weighted by Gasteiger charge is 2.49. The molecule has 2 N–H and O–H groups in total. The fourth-order valence-corrected chi connectivity index (χ4v) is 3.87. The largest absolute Gasteiger partial charge is 0.444 e. The number of hydrogen-bond acceptors (Lipinski definition) is 4. The number of amides is 2. The van der Waals surface area contributed by atoms with Crippen LogP contribution in [0.15, 0.2) is 24.3 Å². The van der Waals surface area contributed by atoms with E-state index in [1.54, 1.807) is 44.7 Å². The van der Waals surface area contributed by atoms with Gasteiger partial charge in [0.25, 0.3) is 0 Å². The summed E-state index contributed by atoms with van der Waals surface area (Å²) >= 11 is 5.98. The van der Waals surface area contributed by atoms with E-state index in [2.05, 4.69) is 5.32 Å². The molecule has 29 heavy (non-hydrogen) atoms. The lowest BCUT2D eigenvalue weighted by molar-refractivity contribution is -0.153. The third-order valence-corrected chi connectivity index (χ3v) is 5.62. The van der Waals surface area contributed by atoms with E-state index in [0.29, 0.717) is 24.5 Å². The number of hydrogen-bond donors (Lipinski definition) is 2. The Morgan fingerprint density at radius 2 is 1.86 bits per heavy atom. The molecule has 7 heteroatoms. The Bertz CT molecular complexity index is 742. The van der Waals surface area contributed by atoms with E-state index in [4.69, 9.17) is 16.3 Å². The number of ether oxygens (including phenoxy) is 1. The third-order valence-electron chi connectivity index (χ3n) is 5.37. The van der Waals surface area contributed by atoms with Crippen molar-refractivity contribution in [3.8, 4) is 0 Å². The van der Waals surface area contributed by atoms with Gasteiger partial charge in [0.1, 0.15) is 5.60 Å². The minimum atomic E-state index is -1.05. The molecular weight excluding hydrogens is 392 g/mol. The maximum atomic E-state index is 12.8. The summed E-state index contributed by atoms with van der Waals surface area (Å²) in [5, 5.41) is 14.7. The second-order valence-electron chi connectivity index (χ2n) is 9.57. The molecule has 0 unspecified atom stereocenters. The van der Waals surface area contributed by atoms with Gasteiger partial charge >= 0.3 is 6.09 Å². The normalized spacial score (nSPS) is 22.7. The number of carbonyl (C=O) groups is 2. The lowest BCUT2D eigenvalue weighted by atomic mass is 9.66. The highest BCUT2D eigenvalue weighted by molar-refractivity contribution is 6.30. The minimum absolute atomic E-state index is 0.0558. The molecule has 0 aromatic heterocycles. The number of benzene rings is 1. The molecule has 2 amide bonds. The summed E-state index contributed by atoms with van der Waals surface area (Å²) in [5.41, 5.74) is -1.37. The summed E-state index contributed by atoms with van der Waals surface area (Å²) in [6.07, 6.45) is 0.0736. The number of rotatable bonds is 4. The molecular formula is C22H33ClN2O4. The summed E-state index contributed by atoms with van der Waals surface area (Å²) in [4.78, 5) is 26.4. The van der Waals surface area contributed by atoms with Crippen molar-refractivity contribution in [1.82, 2.24) is 10.2 Å². The Kier molecular flexibility index (Phi) is 6.90. The molecule has 2 rings (SSSR count). The Morgan fingerprint density at radius 3 is 2.38 bits per heavy atom. The Hall–Kier alpha value is -1.79. The number of nitrogens with one attached hydrogen (secondary N) is 1. The van der Waals surface area contributed by atoms with E-state index >= 15 is 0 Å². The number of alkyl carbamates (subject to hydrolysis) is 1. The van der Waals surface area contributed by atoms with Crippen molar-refractivity contribution >= 4 is 23.6 Å². The Labute approximate surface area is 178 Å². The fraction of sp³-hybridized carbons (Fsp3) is 0.636. The van der Waals surface area contributed by atoms with Crippen LogP contribution in [0, 0.1) is 5.41 Å². The first-order valence-corrected chi connectivity index (χ1v) is 10.4. The molecule has 0 aliphatic carbocycles. The van der Waals surface area contributed by atoms with Crippen LogP contribution in [0.1, 0.15) is 59.9 Å². The van der Waals surface area contributed by atoms with Crippen LogP contribution >= 0.6 is 11.6 Å². The van der Waals surface area contributed by atoms with Gasteiger partial charge in [-0.25, -0.2) is 4.79 Å². The second kappa shape index (κ2) is 8.52. The summed E-state index contributed by atoms with van der Waals surface area (Å²) in [6.45, 7) is 11.9. The van der Waals surface area contributed by atoms with Gasteiger partial charge < -0.3 is 20.1 Å². The minimum Gasteiger partial charge on any atom is -0.444 e. The molecule has 0 spiro atoms. The summed E-state index contributed by atoms with van der Waals surface area (Å²) in [6, 6.07) is 6.87. The zero-order chi connectivity index (χ0) is 22.0. The average molecular weight is 425 g/mol. The second-order valence-corrected chi connectivity index (χ2v) is 10.0. The first-order valence-electron chi connectivity index (χ1n) is 9.99. The quantitative estimate of drug-likeness (QED) is 0.762. The number of piperidine rings is 1. The smallest absolute Gasteiger partial charge is 0.407 e. The van der Waals surface area contributed by atoms with Gasteiger partial charge in [0.2, 0.25) is 5.91 Å². The summed E-state index contributed by atoms with van der Waals surface area (Å²) in [5.74, 6) is -0.0558. The van der Waals surface area contributed by atoms with Crippen LogP contribution < -0.4 is 5.32 Å². The number of likely N-dealkylation sites (tertiary alicyclic amines) is 1. The van der Waals surface area contributed by atoms with Crippen molar-refractivity contribution in [3.63, 3.8) is 0 Å². The van der Waals surface area contributed by atoms with Crippen molar-refractivity contribution in [2.24, 2.45) is 5.41 Å². The summed E-state index contributed by atoms with van der Waals surface area (Å²) in [7, 11) is 0. The first kappa shape index (κ1) is 23.5. The molecule has 2 atom stereocenters. The van der Waals surface area contributed by atoms with Crippen LogP contribution in [0.25, 0.3) is 0 Å². The van der Waals surface area contributed by atoms with Crippen molar-refractivity contribution in [3.05, 3.63) is 34.9 Å². The van der Waals surface area contributed by atoms with Gasteiger partial charge in [-0.2, -0.15) is 0 Å². The standard InChI is InChI=1S/C22H33ClN2O4/c1-15(24-19(27)29-20(2,3)4)13-18(26)25-12-11-22(28,21(5,6)14-25)16-7-9-17(23)10-8-16/h7-10,15,28H,11-14H2,1-6H3,(H,24,27)/t15-,22+/m1/s1. The van der Waals surface area contributed by atoms with Gasteiger partial charge in [0.15, 0.2) is 0 Å². The first-order chi connectivity index (χ1) is 13.2. The number of aliphatic hydroxyl groups is 1. The van der Waals surface area contributed by atoms with E-state index in [9.17, 15) is 14.7 Å². The van der Waals surface area contributed by atoms with Crippen LogP contribution in [-0.2, 0) is 15.1 Å². The van der Waals surface area contributed by atoms with E-state index < -0.39 is 22.7 Å². The molecule has 0 saturated carbocycles. The van der Waals surface area contributed by atoms with E-state index in [0.717, 1.165) is 5.56 Å². The van der Waals surface area contributed by atoms with Crippen molar-refractivity contribution < 1.29 is 19.4 Å². The molecule has 1 heterocycles. The molecule has 0 bridgehead atoms. The van der Waals surface area contributed by atoms with Crippen LogP contribution in [0.5, 0.6) is 0 Å². The molecule has 1 fully saturated rings. The molecule has 1 aliphatic heterocycles. The molecule has 1 aromatic rings. The molecule has 1 aliphatic rings. The van der Waals surface area contributed by atoms with Crippen LogP contribution in [0.4, 0.5) is 4.79 Å². The monoisotopic (exact) mass is 424 g/mol. The average Bonchev–Trinajstić information content (AvgIpc) is 2.55. The Balaban J connectivity index is 1.99. The fourth-order valence-electron chi connectivity index (χ4n) is 3.75. The van der Waals surface area contributed by atoms with Crippen LogP contribution in [-0.4, -0.2) is 46.7 Å². The predicted octanol–water partition coefficient (Wildman–Crippen LogP) is 4.09. The number of carbonyl (C=O) groups excluding carboxylic acids is 2. The van der Waals surface area contributed by atoms with Gasteiger partial charge in [-0.1, -0.05) is 37.6 Å². The zero-order valence-electron chi connectivity index (χ0n) is 18.2. The lowest BCUT2D eigenvalue weighted by Crippen LogP contribution is -2.57. The van der Waals surface area contributed by atoms with Crippen LogP contribution in [0.3, 0.4) is 0 Å². The Morgan fingerprint density at radius 1 is 1.28 bits per heavy atom. The topological polar surface area (TPSA) is 78.9 Å². The maximum Gasteiger partial charge on any atom is 0.407 e. The number of nitrogens with zero attached hydrogens (tertiary/aromatic N) is 1. The lowest BCUT2D eigenvalue weighted by Gasteiger charge is -2.50. The molecule has 1 saturated heterocycles. The van der Waals surface area contributed by atoms with E-state index in [-0.39, 0.29) is 18.4 Å². The highest BCUT2D eigenvalue weighted by Crippen LogP contribution is 2.46. The molecule has 1 aromatic carbocycles. The van der Waals surface area contributed by atoms with Gasteiger partial charge in [-0.3, -0.25) is 4.79 Å². The van der Waals surface area contributed by atoms with E-state index in [1.807, 2.05) is 26.0 Å². The van der Waals surface area contributed by atoms with E-state index in [1.165, 1.54) is 0 Å². The van der Waals surface area contributed by atoms with Crippen molar-refractivity contribution in [2.45, 2.75) is 71.6 Å². The van der Waals surface area contributed by atoms with Crippen molar-refractivity contribution in [2.75, 3.05) is 13.1 Å².